The van der Waals surface area contributed by atoms with Gasteiger partial charge in [-0.25, -0.2) is 0 Å². The molecule has 0 aliphatic carbocycles. The van der Waals surface area contributed by atoms with Crippen LogP contribution in [-0.2, 0) is 9.59 Å². The van der Waals surface area contributed by atoms with E-state index in [1.54, 1.807) is 12.1 Å². The second kappa shape index (κ2) is 9.34. The molecule has 1 aromatic carbocycles. The van der Waals surface area contributed by atoms with Gasteiger partial charge in [-0.3, -0.25) is 9.59 Å². The Morgan fingerprint density at radius 1 is 1.15 bits per heavy atom. The third-order valence-corrected chi connectivity index (χ3v) is 2.44. The quantitative estimate of drug-likeness (QED) is 0.578. The highest BCUT2D eigenvalue weighted by molar-refractivity contribution is 5.91. The lowest BCUT2D eigenvalue weighted by Gasteiger charge is -2.03. The van der Waals surface area contributed by atoms with E-state index in [0.717, 1.165) is 5.56 Å². The minimum absolute atomic E-state index is 0.133. The predicted octanol–water partition coefficient (Wildman–Crippen LogP) is 1.24. The van der Waals surface area contributed by atoms with Gasteiger partial charge in [-0.2, -0.15) is 5.26 Å². The van der Waals surface area contributed by atoms with E-state index in [4.69, 9.17) is 5.26 Å². The lowest BCUT2D eigenvalue weighted by molar-refractivity contribution is -0.120. The number of nitrogens with zero attached hydrogens (tertiary/aromatic N) is 1. The first kappa shape index (κ1) is 15.4. The zero-order valence-electron chi connectivity index (χ0n) is 11.1. The van der Waals surface area contributed by atoms with Gasteiger partial charge in [-0.1, -0.05) is 30.3 Å². The van der Waals surface area contributed by atoms with Gasteiger partial charge in [0.05, 0.1) is 6.07 Å². The first-order valence-corrected chi connectivity index (χ1v) is 6.37. The van der Waals surface area contributed by atoms with Crippen molar-refractivity contribution in [3.63, 3.8) is 0 Å². The van der Waals surface area contributed by atoms with E-state index >= 15 is 0 Å². The van der Waals surface area contributed by atoms with Crippen molar-refractivity contribution in [1.29, 1.82) is 5.26 Å². The minimum Gasteiger partial charge on any atom is -0.355 e. The molecule has 0 saturated heterocycles. The molecule has 0 unspecified atom stereocenters. The lowest BCUT2D eigenvalue weighted by Crippen LogP contribution is -2.28. The van der Waals surface area contributed by atoms with Crippen molar-refractivity contribution in [2.75, 3.05) is 13.1 Å². The number of nitrogens with one attached hydrogen (secondary N) is 2. The highest BCUT2D eigenvalue weighted by atomic mass is 16.2. The average Bonchev–Trinajstić information content (AvgIpc) is 2.46. The van der Waals surface area contributed by atoms with Gasteiger partial charge >= 0.3 is 0 Å². The first-order chi connectivity index (χ1) is 9.72. The molecule has 0 radical (unpaired) electrons. The van der Waals surface area contributed by atoms with Crippen molar-refractivity contribution < 1.29 is 9.59 Å². The van der Waals surface area contributed by atoms with Crippen LogP contribution in [0, 0.1) is 11.3 Å². The van der Waals surface area contributed by atoms with E-state index in [2.05, 4.69) is 10.6 Å². The Bertz CT molecular complexity index is 504. The Kier molecular flexibility index (Phi) is 7.21. The van der Waals surface area contributed by atoms with E-state index in [1.165, 1.54) is 6.08 Å². The summed E-state index contributed by atoms with van der Waals surface area (Å²) >= 11 is 0. The van der Waals surface area contributed by atoms with E-state index in [-0.39, 0.29) is 18.2 Å². The number of carbonyl (C=O) groups is 2. The number of hydrogen-bond donors (Lipinski definition) is 2. The van der Waals surface area contributed by atoms with E-state index in [1.807, 2.05) is 30.3 Å². The van der Waals surface area contributed by atoms with Crippen molar-refractivity contribution in [3.05, 3.63) is 42.0 Å². The molecule has 1 aromatic rings. The first-order valence-electron chi connectivity index (χ1n) is 6.37. The SMILES string of the molecule is N#CCC(=O)NCCCNC(=O)/C=C/c1ccccc1. The van der Waals surface area contributed by atoms with Crippen LogP contribution in [0.1, 0.15) is 18.4 Å². The van der Waals surface area contributed by atoms with Gasteiger partial charge in [-0.15, -0.1) is 0 Å². The summed E-state index contributed by atoms with van der Waals surface area (Å²) in [6, 6.07) is 11.3. The summed E-state index contributed by atoms with van der Waals surface area (Å²) < 4.78 is 0. The zero-order chi connectivity index (χ0) is 14.6. The highest BCUT2D eigenvalue weighted by Gasteiger charge is 1.98. The molecule has 0 aliphatic rings. The standard InChI is InChI=1S/C15H17N3O2/c16-10-9-15(20)18-12-4-11-17-14(19)8-7-13-5-2-1-3-6-13/h1-3,5-8H,4,9,11-12H2,(H,17,19)(H,18,20)/b8-7+. The fourth-order valence-corrected chi connectivity index (χ4v) is 1.46. The fourth-order valence-electron chi connectivity index (χ4n) is 1.46. The van der Waals surface area contributed by atoms with Gasteiger partial charge in [-0.05, 0) is 18.1 Å². The molecule has 0 aromatic heterocycles. The van der Waals surface area contributed by atoms with E-state index < -0.39 is 0 Å². The van der Waals surface area contributed by atoms with Gasteiger partial charge in [0.1, 0.15) is 6.42 Å². The summed E-state index contributed by atoms with van der Waals surface area (Å²) in [4.78, 5) is 22.5. The minimum atomic E-state index is -0.289. The molecular weight excluding hydrogens is 254 g/mol. The largest absolute Gasteiger partial charge is 0.355 e. The average molecular weight is 271 g/mol. The molecule has 5 nitrogen and oxygen atoms in total. The summed E-state index contributed by atoms with van der Waals surface area (Å²) in [6.45, 7) is 0.925. The van der Waals surface area contributed by atoms with Gasteiger partial charge < -0.3 is 10.6 Å². The van der Waals surface area contributed by atoms with Gasteiger partial charge in [0, 0.05) is 19.2 Å². The number of rotatable bonds is 7. The highest BCUT2D eigenvalue weighted by Crippen LogP contribution is 2.00. The molecule has 5 heteroatoms. The summed E-state index contributed by atoms with van der Waals surface area (Å²) in [7, 11) is 0. The number of amides is 2. The summed E-state index contributed by atoms with van der Waals surface area (Å²) in [6.07, 6.45) is 3.71. The van der Waals surface area contributed by atoms with E-state index in [0.29, 0.717) is 19.5 Å². The second-order valence-corrected chi connectivity index (χ2v) is 4.07. The maximum absolute atomic E-state index is 11.5. The molecule has 2 N–H and O–H groups in total. The van der Waals surface area contributed by atoms with E-state index in [9.17, 15) is 9.59 Å². The third-order valence-electron chi connectivity index (χ3n) is 2.44. The molecule has 0 bridgehead atoms. The predicted molar refractivity (Wildman–Crippen MR) is 76.3 cm³/mol. The second-order valence-electron chi connectivity index (χ2n) is 4.07. The molecule has 0 heterocycles. The van der Waals surface area contributed by atoms with Crippen LogP contribution in [0.5, 0.6) is 0 Å². The topological polar surface area (TPSA) is 82.0 Å². The number of nitriles is 1. The smallest absolute Gasteiger partial charge is 0.244 e. The van der Waals surface area contributed by atoms with Crippen LogP contribution in [0.15, 0.2) is 36.4 Å². The molecule has 0 saturated carbocycles. The van der Waals surface area contributed by atoms with Gasteiger partial charge in [0.2, 0.25) is 11.8 Å². The fraction of sp³-hybridized carbons (Fsp3) is 0.267. The number of benzene rings is 1. The summed E-state index contributed by atoms with van der Waals surface area (Å²) in [5.74, 6) is -0.458. The van der Waals surface area contributed by atoms with Crippen molar-refractivity contribution in [2.24, 2.45) is 0 Å². The maximum atomic E-state index is 11.5. The van der Waals surface area contributed by atoms with Crippen molar-refractivity contribution in [3.8, 4) is 6.07 Å². The van der Waals surface area contributed by atoms with Crippen LogP contribution < -0.4 is 10.6 Å². The maximum Gasteiger partial charge on any atom is 0.244 e. The molecule has 0 fully saturated rings. The van der Waals surface area contributed by atoms with Crippen molar-refractivity contribution in [1.82, 2.24) is 10.6 Å². The Labute approximate surface area is 118 Å². The van der Waals surface area contributed by atoms with Gasteiger partial charge in [0.25, 0.3) is 0 Å². The van der Waals surface area contributed by atoms with Crippen LogP contribution in [0.4, 0.5) is 0 Å². The number of hydrogen-bond acceptors (Lipinski definition) is 3. The normalized spacial score (nSPS) is 9.95. The van der Waals surface area contributed by atoms with Crippen LogP contribution in [-0.4, -0.2) is 24.9 Å². The Morgan fingerprint density at radius 2 is 1.85 bits per heavy atom. The molecular formula is C15H17N3O2. The van der Waals surface area contributed by atoms with Crippen LogP contribution >= 0.6 is 0 Å². The monoisotopic (exact) mass is 271 g/mol. The molecule has 0 atom stereocenters. The third kappa shape index (κ3) is 6.97. The Morgan fingerprint density at radius 3 is 2.55 bits per heavy atom. The van der Waals surface area contributed by atoms with Crippen molar-refractivity contribution in [2.45, 2.75) is 12.8 Å². The molecule has 0 spiro atoms. The summed E-state index contributed by atoms with van der Waals surface area (Å²) in [5.41, 5.74) is 0.964. The Balaban J connectivity index is 2.13. The van der Waals surface area contributed by atoms with Crippen LogP contribution in [0.3, 0.4) is 0 Å². The van der Waals surface area contributed by atoms with Crippen LogP contribution in [0.2, 0.25) is 0 Å². The number of carbonyl (C=O) groups excluding carboxylic acids is 2. The zero-order valence-corrected chi connectivity index (χ0v) is 11.1. The summed E-state index contributed by atoms with van der Waals surface area (Å²) in [5, 5.41) is 13.6. The lowest BCUT2D eigenvalue weighted by atomic mass is 10.2. The molecule has 20 heavy (non-hydrogen) atoms. The van der Waals surface area contributed by atoms with Crippen molar-refractivity contribution >= 4 is 17.9 Å². The Hall–Kier alpha value is -2.61. The molecule has 1 rings (SSSR count). The molecule has 0 aliphatic heterocycles. The molecule has 104 valence electrons. The van der Waals surface area contributed by atoms with Gasteiger partial charge in [0.15, 0.2) is 0 Å². The molecule has 2 amide bonds. The van der Waals surface area contributed by atoms with Crippen LogP contribution in [0.25, 0.3) is 6.08 Å².